The maximum Gasteiger partial charge on any atom is 0.312 e. The number of hydrogen-bond acceptors (Lipinski definition) is 15. The third-order valence-electron chi connectivity index (χ3n) is 19.8. The average molecular weight is 1200 g/mol. The molecule has 1 saturated heterocycles. The van der Waals surface area contributed by atoms with Gasteiger partial charge in [0, 0.05) is 78.8 Å². The van der Waals surface area contributed by atoms with Gasteiger partial charge in [0.2, 0.25) is 11.8 Å². The normalized spacial score (nSPS) is 27.6. The number of nitrogens with one attached hydrogen (secondary N) is 3. The van der Waals surface area contributed by atoms with E-state index < -0.39 is 82.7 Å². The van der Waals surface area contributed by atoms with E-state index in [4.69, 9.17) is 19.9 Å². The van der Waals surface area contributed by atoms with E-state index in [9.17, 15) is 58.5 Å². The molecule has 87 heavy (non-hydrogen) atoms. The first-order chi connectivity index (χ1) is 41.4. The fourth-order valence-corrected chi connectivity index (χ4v) is 14.9. The van der Waals surface area contributed by atoms with Crippen molar-refractivity contribution in [3.05, 3.63) is 130 Å². The summed E-state index contributed by atoms with van der Waals surface area (Å²) < 4.78 is 21.1. The van der Waals surface area contributed by atoms with Crippen molar-refractivity contribution < 1.29 is 72.7 Å². The first kappa shape index (κ1) is 64.1. The third-order valence-corrected chi connectivity index (χ3v) is 19.8. The molecule has 0 spiro atoms. The van der Waals surface area contributed by atoms with Gasteiger partial charge >= 0.3 is 12.0 Å². The molecule has 21 nitrogen and oxygen atoms in total. The van der Waals surface area contributed by atoms with Crippen LogP contribution < -0.4 is 21.7 Å². The molecule has 4 aliphatic carbocycles. The summed E-state index contributed by atoms with van der Waals surface area (Å²) in [6.45, 7) is 9.44. The second-order valence-electron chi connectivity index (χ2n) is 25.3. The molecule has 11 atom stereocenters. The number of aliphatic hydroxyl groups excluding tert-OH is 3. The molecular weight excluding hydrogens is 1120 g/mol. The van der Waals surface area contributed by atoms with E-state index in [1.807, 2.05) is 48.2 Å². The SMILES string of the molecule is CC(C)[C@H](NC(=O)CCCCCN1C(=O)C=CC1=O)C(=O)N[C@@H](CCCNC(N)=O)C(=O)Cc1ccc(COC(=O)Cc2ccc(Cn3ccc([C@@H]4O[C@@H]5C[C@H]6[C@@H]7CCC8=CC(=O)C=C[C@]8(C)[C@@]7(C)[C@@H](O)C[C@]6(C)[C@]5(C(=O)CO)O4)c3)cc2CO)cc1. The van der Waals surface area contributed by atoms with Gasteiger partial charge in [0.05, 0.1) is 31.3 Å². The number of amides is 6. The Hall–Kier alpha value is -7.43. The fraction of sp³-hybridized carbons (Fsp3) is 0.530. The Morgan fingerprint density at radius 3 is 2.28 bits per heavy atom. The number of benzene rings is 2. The molecule has 2 aliphatic heterocycles. The quantitative estimate of drug-likeness (QED) is 0.0301. The zero-order chi connectivity index (χ0) is 62.6. The number of nitrogens with zero attached hydrogens (tertiary/aromatic N) is 2. The van der Waals surface area contributed by atoms with E-state index in [0.29, 0.717) is 72.9 Å². The van der Waals surface area contributed by atoms with Gasteiger partial charge in [-0.1, -0.05) is 95.2 Å². The Kier molecular flexibility index (Phi) is 19.5. The lowest BCUT2D eigenvalue weighted by Crippen LogP contribution is -2.67. The van der Waals surface area contributed by atoms with Crippen molar-refractivity contribution in [3.8, 4) is 0 Å². The predicted octanol–water partition coefficient (Wildman–Crippen LogP) is 4.98. The van der Waals surface area contributed by atoms with Crippen LogP contribution in [0.25, 0.3) is 0 Å². The lowest BCUT2D eigenvalue weighted by molar-refractivity contribution is -0.223. The highest BCUT2D eigenvalue weighted by Gasteiger charge is 2.78. The van der Waals surface area contributed by atoms with Crippen molar-refractivity contribution >= 4 is 53.0 Å². The summed E-state index contributed by atoms with van der Waals surface area (Å²) in [6.07, 6.45) is 13.2. The van der Waals surface area contributed by atoms with E-state index >= 15 is 0 Å². The van der Waals surface area contributed by atoms with Gasteiger partial charge in [0.15, 0.2) is 29.2 Å². The molecule has 3 saturated carbocycles. The Balaban J connectivity index is 0.759. The van der Waals surface area contributed by atoms with Crippen molar-refractivity contribution in [3.63, 3.8) is 0 Å². The second-order valence-corrected chi connectivity index (χ2v) is 25.3. The van der Waals surface area contributed by atoms with Gasteiger partial charge in [-0.3, -0.25) is 43.3 Å². The molecular formula is C66H82N6O15. The highest BCUT2D eigenvalue weighted by molar-refractivity contribution is 6.12. The number of hydrogen-bond donors (Lipinski definition) is 7. The van der Waals surface area contributed by atoms with Crippen LogP contribution in [0.15, 0.2) is 96.9 Å². The topological polar surface area (TPSA) is 312 Å². The lowest BCUT2D eigenvalue weighted by Gasteiger charge is -2.65. The number of esters is 1. The van der Waals surface area contributed by atoms with Gasteiger partial charge in [-0.15, -0.1) is 0 Å². The van der Waals surface area contributed by atoms with Crippen molar-refractivity contribution in [1.82, 2.24) is 25.4 Å². The zero-order valence-corrected chi connectivity index (χ0v) is 50.2. The van der Waals surface area contributed by atoms with Crippen LogP contribution in [-0.4, -0.2) is 127 Å². The molecule has 466 valence electrons. The molecule has 8 N–H and O–H groups in total. The minimum Gasteiger partial charge on any atom is -0.461 e. The van der Waals surface area contributed by atoms with Crippen LogP contribution in [0.4, 0.5) is 4.79 Å². The largest absolute Gasteiger partial charge is 0.461 e. The molecule has 3 heterocycles. The van der Waals surface area contributed by atoms with Crippen LogP contribution in [-0.2, 0) is 85.2 Å². The van der Waals surface area contributed by atoms with E-state index in [1.54, 1.807) is 56.3 Å². The van der Waals surface area contributed by atoms with Gasteiger partial charge in [-0.25, -0.2) is 4.79 Å². The molecule has 0 unspecified atom stereocenters. The Morgan fingerprint density at radius 1 is 0.851 bits per heavy atom. The summed E-state index contributed by atoms with van der Waals surface area (Å²) >= 11 is 0. The number of rotatable bonds is 27. The molecule has 2 aromatic carbocycles. The summed E-state index contributed by atoms with van der Waals surface area (Å²) in [5, 5.41) is 41.3. The average Bonchev–Trinajstić information content (AvgIpc) is 1.58. The molecule has 0 bridgehead atoms. The molecule has 6 aliphatic rings. The second kappa shape index (κ2) is 26.5. The number of unbranched alkanes of at least 4 members (excludes halogenated alkanes) is 2. The monoisotopic (exact) mass is 1200 g/mol. The van der Waals surface area contributed by atoms with E-state index in [2.05, 4.69) is 29.8 Å². The maximum atomic E-state index is 14.2. The minimum absolute atomic E-state index is 0.0198. The van der Waals surface area contributed by atoms with Gasteiger partial charge in [0.1, 0.15) is 19.3 Å². The predicted molar refractivity (Wildman–Crippen MR) is 316 cm³/mol. The van der Waals surface area contributed by atoms with E-state index in [0.717, 1.165) is 22.5 Å². The number of carbonyl (C=O) groups is 9. The van der Waals surface area contributed by atoms with Crippen LogP contribution in [0.3, 0.4) is 0 Å². The number of imide groups is 1. The summed E-state index contributed by atoms with van der Waals surface area (Å²) in [6, 6.07) is 11.6. The van der Waals surface area contributed by atoms with Gasteiger partial charge in [0.25, 0.3) is 11.8 Å². The van der Waals surface area contributed by atoms with Gasteiger partial charge in [-0.05, 0) is 115 Å². The third kappa shape index (κ3) is 13.0. The number of carbonyl (C=O) groups excluding carboxylic acids is 9. The van der Waals surface area contributed by atoms with Crippen molar-refractivity contribution in [2.75, 3.05) is 19.7 Å². The summed E-state index contributed by atoms with van der Waals surface area (Å²) in [5.41, 5.74) is 6.65. The number of fused-ring (bicyclic) bond motifs is 7. The maximum absolute atomic E-state index is 14.2. The number of nitrogens with two attached hydrogens (primary N) is 1. The Labute approximate surface area is 506 Å². The smallest absolute Gasteiger partial charge is 0.312 e. The molecule has 3 aromatic rings. The zero-order valence-electron chi connectivity index (χ0n) is 50.2. The van der Waals surface area contributed by atoms with Crippen LogP contribution in [0.5, 0.6) is 0 Å². The minimum atomic E-state index is -1.50. The van der Waals surface area contributed by atoms with Gasteiger partial charge < -0.3 is 55.8 Å². The van der Waals surface area contributed by atoms with Crippen molar-refractivity contribution in [2.24, 2.45) is 39.7 Å². The van der Waals surface area contributed by atoms with Crippen LogP contribution >= 0.6 is 0 Å². The number of urea groups is 1. The summed E-state index contributed by atoms with van der Waals surface area (Å²) in [5.74, 6) is -3.40. The molecule has 0 radical (unpaired) electrons. The first-order valence-corrected chi connectivity index (χ1v) is 30.3. The standard InChI is InChI=1S/C66H82N6O15/c1-39(2)59(70-55(79)11-7-6-8-26-72-56(80)20-21-57(72)81)60(83)69-50(10-9-25-68-62(67)84)51(76)29-40-12-14-41(15-13-40)38-85-58(82)30-43-17-16-42(28-45(43)36-73)34-71-27-23-44(35-71)61-86-54-32-49-48-19-18-46-31-47(75)22-24-63(46,3)65(48,5)52(77)33-64(49,4)66(54,87-61)53(78)37-74/h12-17,20-24,27-28,31,35,39,48-50,52,54,59,61,73-74,77H,6-11,18-19,25-26,29-30,32-34,36-38H2,1-5H3,(H,69,83)(H,70,79)(H3,67,68,84)/t48-,49-,50-,52-,54+,59-,61+,63-,64-,65+,66+/m0/s1. The fourth-order valence-electron chi connectivity index (χ4n) is 14.9. The number of ketones is 3. The van der Waals surface area contributed by atoms with Crippen molar-refractivity contribution in [2.45, 2.75) is 168 Å². The molecule has 6 amide bonds. The van der Waals surface area contributed by atoms with Crippen LogP contribution in [0.2, 0.25) is 0 Å². The first-order valence-electron chi connectivity index (χ1n) is 30.3. The number of ether oxygens (including phenoxy) is 3. The molecule has 21 heteroatoms. The number of allylic oxidation sites excluding steroid dienone is 4. The van der Waals surface area contributed by atoms with Crippen LogP contribution in [0, 0.1) is 34.0 Å². The number of aromatic nitrogens is 1. The molecule has 4 fully saturated rings. The summed E-state index contributed by atoms with van der Waals surface area (Å²) in [4.78, 5) is 116. The highest BCUT2D eigenvalue weighted by Crippen LogP contribution is 2.74. The van der Waals surface area contributed by atoms with E-state index in [1.165, 1.54) is 12.2 Å². The summed E-state index contributed by atoms with van der Waals surface area (Å²) in [7, 11) is 0. The Morgan fingerprint density at radius 2 is 1.57 bits per heavy atom. The van der Waals surface area contributed by atoms with E-state index in [-0.39, 0.29) is 105 Å². The number of primary amides is 1. The Bertz CT molecular complexity index is 3240. The van der Waals surface area contributed by atoms with Crippen LogP contribution in [0.1, 0.15) is 138 Å². The highest BCUT2D eigenvalue weighted by atomic mass is 16.7. The van der Waals surface area contributed by atoms with Crippen molar-refractivity contribution in [1.29, 1.82) is 0 Å². The number of Topliss-reactive ketones (excluding diaryl/α,β-unsaturated/α-hetero) is 2. The van der Waals surface area contributed by atoms with Gasteiger partial charge in [-0.2, -0.15) is 0 Å². The lowest BCUT2D eigenvalue weighted by atomic mass is 9.39. The molecule has 9 rings (SSSR count). The molecule has 1 aromatic heterocycles. The number of aliphatic hydroxyl groups is 3.